The molecule has 0 aliphatic heterocycles. The topological polar surface area (TPSA) is 80.3 Å². The van der Waals surface area contributed by atoms with E-state index in [2.05, 4.69) is 25.3 Å². The van der Waals surface area contributed by atoms with E-state index in [-0.39, 0.29) is 48.9 Å². The zero-order valence-corrected chi connectivity index (χ0v) is 13.6. The van der Waals surface area contributed by atoms with Gasteiger partial charge in [0.2, 0.25) is 0 Å². The fourth-order valence-electron chi connectivity index (χ4n) is 0. The molecule has 0 aliphatic rings. The van der Waals surface area contributed by atoms with Gasteiger partial charge in [-0.1, -0.05) is 0 Å². The third-order valence-electron chi connectivity index (χ3n) is 0.682. The Morgan fingerprint density at radius 2 is 1.08 bits per heavy atom. The van der Waals surface area contributed by atoms with Crippen LogP contribution in [0, 0.1) is 0 Å². The van der Waals surface area contributed by atoms with E-state index in [1.165, 1.54) is 13.8 Å². The van der Waals surface area contributed by atoms with Crippen molar-refractivity contribution in [1.29, 1.82) is 0 Å². The van der Waals surface area contributed by atoms with Crippen LogP contribution in [0.2, 0.25) is 0 Å². The van der Waals surface area contributed by atoms with Crippen LogP contribution in [0.15, 0.2) is 0 Å². The number of rotatable bonds is 2. The third kappa shape index (κ3) is 19.6. The van der Waals surface area contributed by atoms with Crippen molar-refractivity contribution in [3.8, 4) is 0 Å². The molecule has 4 nitrogen and oxygen atoms in total. The molecule has 0 heterocycles. The molecule has 2 atom stereocenters. The summed E-state index contributed by atoms with van der Waals surface area (Å²) in [5, 5.41) is 17.7. The van der Waals surface area contributed by atoms with Crippen LogP contribution in [0.1, 0.15) is 13.8 Å². The van der Waals surface area contributed by atoms with Gasteiger partial charge in [0.05, 0.1) is 11.9 Å². The summed E-state index contributed by atoms with van der Waals surface area (Å²) >= 11 is 7.06. The van der Waals surface area contributed by atoms with Gasteiger partial charge in [0, 0.05) is 10.5 Å². The minimum atomic E-state index is -1.13. The summed E-state index contributed by atoms with van der Waals surface area (Å²) in [6.07, 6.45) is 0. The van der Waals surface area contributed by atoms with Gasteiger partial charge in [0.1, 0.15) is 0 Å². The van der Waals surface area contributed by atoms with Crippen molar-refractivity contribution >= 4 is 86.1 Å². The molecule has 0 aromatic heterocycles. The summed E-state index contributed by atoms with van der Waals surface area (Å²) in [7, 11) is 0. The fraction of sp³-hybridized carbons (Fsp3) is 0.667. The van der Waals surface area contributed by atoms with Crippen LogP contribution in [-0.4, -0.2) is 71.3 Å². The summed E-state index contributed by atoms with van der Waals surface area (Å²) in [5.74, 6) is -2.25. The molecule has 0 radical (unpaired) electrons. The Kier molecular flexibility index (Phi) is 17.1. The molecule has 0 aromatic rings. The Labute approximate surface area is 128 Å². The van der Waals surface area contributed by atoms with Crippen molar-refractivity contribution < 1.29 is 19.8 Å². The summed E-state index contributed by atoms with van der Waals surface area (Å²) in [6.45, 7) is 2.89. The van der Waals surface area contributed by atoms with Gasteiger partial charge in [-0.15, -0.1) is 0 Å². The molecule has 0 N–H and O–H groups in total. The average molecular weight is 348 g/mol. The Bertz CT molecular complexity index is 143. The summed E-state index contributed by atoms with van der Waals surface area (Å²) in [4.78, 5) is 19.0. The van der Waals surface area contributed by atoms with E-state index in [1.54, 1.807) is 0 Å². The quantitative estimate of drug-likeness (QED) is 0.436. The third-order valence-corrected chi connectivity index (χ3v) is 1.10. The number of carboxylic acid groups (broad SMARTS) is 2. The van der Waals surface area contributed by atoms with Crippen LogP contribution in [0.5, 0.6) is 0 Å². The SMILES string of the molecule is CC(S)C(=O)[O-].CC(S)C(=O)[O-].[Ba+2]. The second-order valence-electron chi connectivity index (χ2n) is 1.99. The molecule has 0 amide bonds. The van der Waals surface area contributed by atoms with Gasteiger partial charge in [-0.25, -0.2) is 0 Å². The maximum absolute atomic E-state index is 9.51. The van der Waals surface area contributed by atoms with E-state index in [0.29, 0.717) is 0 Å². The molecule has 0 bridgehead atoms. The van der Waals surface area contributed by atoms with E-state index in [0.717, 1.165) is 0 Å². The van der Waals surface area contributed by atoms with E-state index in [1.807, 2.05) is 0 Å². The second-order valence-corrected chi connectivity index (χ2v) is 3.54. The van der Waals surface area contributed by atoms with Crippen LogP contribution in [0.4, 0.5) is 0 Å². The van der Waals surface area contributed by atoms with Crippen LogP contribution in [0.25, 0.3) is 0 Å². The van der Waals surface area contributed by atoms with Gasteiger partial charge in [-0.3, -0.25) is 0 Å². The minimum Gasteiger partial charge on any atom is -0.549 e. The standard InChI is InChI=1S/2C3H6O2S.Ba/c2*1-2(6)3(4)5;/h2*2,6H,1H3,(H,4,5);/q;;+2/p-2. The number of hydrogen-bond donors (Lipinski definition) is 2. The first-order chi connectivity index (χ1) is 5.29. The molecule has 0 rings (SSSR count). The molecule has 0 fully saturated rings. The molecular weight excluding hydrogens is 338 g/mol. The van der Waals surface area contributed by atoms with Gasteiger partial charge in [0.25, 0.3) is 0 Å². The Balaban J connectivity index is -0.000000143. The monoisotopic (exact) mass is 348 g/mol. The number of aliphatic carboxylic acids is 2. The molecule has 13 heavy (non-hydrogen) atoms. The van der Waals surface area contributed by atoms with Crippen molar-refractivity contribution in [2.75, 3.05) is 0 Å². The largest absolute Gasteiger partial charge is 2.00 e. The van der Waals surface area contributed by atoms with Crippen LogP contribution < -0.4 is 10.2 Å². The number of carbonyl (C=O) groups is 2. The second kappa shape index (κ2) is 11.3. The molecule has 0 saturated heterocycles. The maximum atomic E-state index is 9.51. The first kappa shape index (κ1) is 19.7. The summed E-state index contributed by atoms with van der Waals surface area (Å²) < 4.78 is 0. The van der Waals surface area contributed by atoms with Gasteiger partial charge in [0.15, 0.2) is 0 Å². The zero-order valence-electron chi connectivity index (χ0n) is 7.39. The average Bonchev–Trinajstić information content (AvgIpc) is 1.88. The van der Waals surface area contributed by atoms with Crippen molar-refractivity contribution in [3.05, 3.63) is 0 Å². The molecule has 7 heteroatoms. The first-order valence-electron chi connectivity index (χ1n) is 3.06. The van der Waals surface area contributed by atoms with Crippen LogP contribution in [0.3, 0.4) is 0 Å². The van der Waals surface area contributed by atoms with Gasteiger partial charge < -0.3 is 19.8 Å². The zero-order chi connectivity index (χ0) is 10.3. The minimum absolute atomic E-state index is 0. The first-order valence-corrected chi connectivity index (χ1v) is 4.10. The number of carbonyl (C=O) groups excluding carboxylic acids is 2. The van der Waals surface area contributed by atoms with Gasteiger partial charge in [-0.05, 0) is 13.8 Å². The normalized spacial score (nSPS) is 12.6. The van der Waals surface area contributed by atoms with Crippen molar-refractivity contribution in [3.63, 3.8) is 0 Å². The molecule has 72 valence electrons. The van der Waals surface area contributed by atoms with Crippen molar-refractivity contribution in [2.45, 2.75) is 24.3 Å². The number of carboxylic acids is 2. The van der Waals surface area contributed by atoms with E-state index < -0.39 is 22.4 Å². The summed E-state index contributed by atoms with van der Waals surface area (Å²) in [5.41, 5.74) is 0. The molecule has 0 saturated carbocycles. The Hall–Kier alpha value is 1.21. The van der Waals surface area contributed by atoms with Crippen molar-refractivity contribution in [2.24, 2.45) is 0 Å². The molecule has 0 aliphatic carbocycles. The van der Waals surface area contributed by atoms with Crippen LogP contribution >= 0.6 is 25.3 Å². The van der Waals surface area contributed by atoms with E-state index in [9.17, 15) is 19.8 Å². The fourth-order valence-corrected chi connectivity index (χ4v) is 0. The predicted octanol–water partition coefficient (Wildman–Crippen LogP) is -2.27. The molecule has 2 unspecified atom stereocenters. The predicted molar refractivity (Wildman–Crippen MR) is 52.7 cm³/mol. The number of hydrogen-bond acceptors (Lipinski definition) is 6. The van der Waals surface area contributed by atoms with Crippen molar-refractivity contribution in [1.82, 2.24) is 0 Å². The van der Waals surface area contributed by atoms with Gasteiger partial charge in [-0.2, -0.15) is 25.3 Å². The Morgan fingerprint density at radius 3 is 1.08 bits per heavy atom. The Morgan fingerprint density at radius 1 is 1.00 bits per heavy atom. The molecular formula is C6H10BaO4S2. The number of thiol groups is 2. The molecule has 0 aromatic carbocycles. The van der Waals surface area contributed by atoms with Gasteiger partial charge >= 0.3 is 48.9 Å². The molecule has 0 spiro atoms. The van der Waals surface area contributed by atoms with E-state index in [4.69, 9.17) is 0 Å². The smallest absolute Gasteiger partial charge is 0.549 e. The van der Waals surface area contributed by atoms with Crippen LogP contribution in [-0.2, 0) is 9.59 Å². The maximum Gasteiger partial charge on any atom is 2.00 e. The van der Waals surface area contributed by atoms with E-state index >= 15 is 0 Å². The summed E-state index contributed by atoms with van der Waals surface area (Å²) in [6, 6.07) is 0.